The molecule has 0 aliphatic rings. The van der Waals surface area contributed by atoms with Crippen LogP contribution in [0.1, 0.15) is 0 Å². The fourth-order valence-electron chi connectivity index (χ4n) is 0.450. The largest absolute Gasteiger partial charge is 0.420 e. The summed E-state index contributed by atoms with van der Waals surface area (Å²) in [6.45, 7) is 0. The van der Waals surface area contributed by atoms with Crippen molar-refractivity contribution in [2.24, 2.45) is 0 Å². The molecule has 0 fully saturated rings. The van der Waals surface area contributed by atoms with Crippen LogP contribution in [0, 0.1) is 0 Å². The van der Waals surface area contributed by atoms with Gasteiger partial charge in [0, 0.05) is 5.38 Å². The van der Waals surface area contributed by atoms with Crippen molar-refractivity contribution in [1.29, 1.82) is 0 Å². The molecule has 0 aromatic carbocycles. The van der Waals surface area contributed by atoms with Gasteiger partial charge in [-0.2, -0.15) is 0 Å². The van der Waals surface area contributed by atoms with Gasteiger partial charge in [-0.3, -0.25) is 4.79 Å². The molecule has 4 heteroatoms. The van der Waals surface area contributed by atoms with Crippen molar-refractivity contribution in [2.45, 2.75) is 0 Å². The second-order valence-electron chi connectivity index (χ2n) is 1.50. The van der Waals surface area contributed by atoms with Gasteiger partial charge in [-0.25, -0.2) is 4.79 Å². The first-order valence-corrected chi connectivity index (χ1v) is 3.46. The van der Waals surface area contributed by atoms with Crippen molar-refractivity contribution >= 4 is 23.6 Å². The number of carbonyl (C=O) groups is 2. The SMILES string of the molecule is O=CC(=O)Oc1ccsc1. The maximum atomic E-state index is 10.3. The molecule has 0 radical (unpaired) electrons. The van der Waals surface area contributed by atoms with Gasteiger partial charge in [-0.05, 0) is 11.4 Å². The van der Waals surface area contributed by atoms with Gasteiger partial charge in [0.25, 0.3) is 0 Å². The second kappa shape index (κ2) is 3.12. The standard InChI is InChI=1S/C6H4O3S/c7-3-6(8)9-5-1-2-10-4-5/h1-4H. The predicted molar refractivity (Wildman–Crippen MR) is 36.0 cm³/mol. The highest BCUT2D eigenvalue weighted by Crippen LogP contribution is 2.14. The Morgan fingerprint density at radius 2 is 2.50 bits per heavy atom. The first kappa shape index (κ1) is 6.95. The van der Waals surface area contributed by atoms with E-state index in [1.165, 1.54) is 11.3 Å². The Morgan fingerprint density at radius 3 is 3.00 bits per heavy atom. The number of carbonyl (C=O) groups excluding carboxylic acids is 2. The third-order valence-corrected chi connectivity index (χ3v) is 1.47. The van der Waals surface area contributed by atoms with Crippen LogP contribution >= 0.6 is 11.3 Å². The average Bonchev–Trinajstić information content (AvgIpc) is 2.40. The minimum Gasteiger partial charge on any atom is -0.420 e. The van der Waals surface area contributed by atoms with Crippen LogP contribution in [-0.4, -0.2) is 12.3 Å². The Morgan fingerprint density at radius 1 is 1.70 bits per heavy atom. The van der Waals surface area contributed by atoms with Crippen molar-refractivity contribution in [3.05, 3.63) is 16.8 Å². The molecule has 0 spiro atoms. The van der Waals surface area contributed by atoms with Gasteiger partial charge in [-0.15, -0.1) is 11.3 Å². The number of thiophene rings is 1. The molecular weight excluding hydrogens is 152 g/mol. The highest BCUT2D eigenvalue weighted by Gasteiger charge is 2.00. The molecule has 0 amide bonds. The summed E-state index contributed by atoms with van der Waals surface area (Å²) in [6.07, 6.45) is 0.137. The van der Waals surface area contributed by atoms with E-state index in [2.05, 4.69) is 4.74 Å². The van der Waals surface area contributed by atoms with Gasteiger partial charge >= 0.3 is 5.97 Å². The lowest BCUT2D eigenvalue weighted by molar-refractivity contribution is -0.141. The molecule has 1 aromatic heterocycles. The van der Waals surface area contributed by atoms with E-state index in [1.807, 2.05) is 0 Å². The van der Waals surface area contributed by atoms with Crippen LogP contribution in [0.25, 0.3) is 0 Å². The van der Waals surface area contributed by atoms with Gasteiger partial charge in [-0.1, -0.05) is 0 Å². The lowest BCUT2D eigenvalue weighted by Gasteiger charge is -1.91. The third-order valence-electron chi connectivity index (χ3n) is 0.810. The van der Waals surface area contributed by atoms with E-state index in [9.17, 15) is 9.59 Å². The fourth-order valence-corrected chi connectivity index (χ4v) is 1.00. The zero-order chi connectivity index (χ0) is 7.40. The summed E-state index contributed by atoms with van der Waals surface area (Å²) in [6, 6.07) is 1.62. The predicted octanol–water partition coefficient (Wildman–Crippen LogP) is 0.852. The summed E-state index contributed by atoms with van der Waals surface area (Å²) in [5, 5.41) is 3.40. The maximum absolute atomic E-state index is 10.3. The molecule has 3 nitrogen and oxygen atoms in total. The van der Waals surface area contributed by atoms with Crippen LogP contribution in [0.4, 0.5) is 0 Å². The minimum atomic E-state index is -0.863. The molecule has 0 saturated heterocycles. The zero-order valence-corrected chi connectivity index (χ0v) is 5.76. The molecule has 0 atom stereocenters. The number of esters is 1. The van der Waals surface area contributed by atoms with Gasteiger partial charge in [0.15, 0.2) is 0 Å². The highest BCUT2D eigenvalue weighted by molar-refractivity contribution is 7.08. The van der Waals surface area contributed by atoms with Gasteiger partial charge in [0.1, 0.15) is 5.75 Å². The summed E-state index contributed by atoms with van der Waals surface area (Å²) in [5.41, 5.74) is 0. The lowest BCUT2D eigenvalue weighted by atomic mass is 10.6. The van der Waals surface area contributed by atoms with E-state index in [0.29, 0.717) is 5.75 Å². The Labute approximate surface area is 61.2 Å². The van der Waals surface area contributed by atoms with Crippen molar-refractivity contribution in [1.82, 2.24) is 0 Å². The summed E-state index contributed by atoms with van der Waals surface area (Å²) in [7, 11) is 0. The Hall–Kier alpha value is -1.16. The highest BCUT2D eigenvalue weighted by atomic mass is 32.1. The van der Waals surface area contributed by atoms with Crippen LogP contribution < -0.4 is 4.74 Å². The molecule has 0 aliphatic carbocycles. The number of ether oxygens (including phenoxy) is 1. The molecular formula is C6H4O3S. The first-order valence-electron chi connectivity index (χ1n) is 2.52. The van der Waals surface area contributed by atoms with Crippen molar-refractivity contribution in [3.8, 4) is 5.75 Å². The summed E-state index contributed by atoms with van der Waals surface area (Å²) >= 11 is 1.40. The molecule has 0 unspecified atom stereocenters. The number of hydrogen-bond acceptors (Lipinski definition) is 4. The molecule has 0 saturated carbocycles. The minimum absolute atomic E-state index is 0.137. The Kier molecular flexibility index (Phi) is 2.17. The average molecular weight is 156 g/mol. The van der Waals surface area contributed by atoms with E-state index >= 15 is 0 Å². The Balaban J connectivity index is 2.56. The van der Waals surface area contributed by atoms with E-state index in [-0.39, 0.29) is 6.29 Å². The van der Waals surface area contributed by atoms with Crippen LogP contribution in [0.5, 0.6) is 5.75 Å². The first-order chi connectivity index (χ1) is 4.83. The second-order valence-corrected chi connectivity index (χ2v) is 2.28. The van der Waals surface area contributed by atoms with Crippen LogP contribution in [0.3, 0.4) is 0 Å². The van der Waals surface area contributed by atoms with Crippen molar-refractivity contribution in [2.75, 3.05) is 0 Å². The number of hydrogen-bond donors (Lipinski definition) is 0. The normalized spacial score (nSPS) is 8.80. The molecule has 10 heavy (non-hydrogen) atoms. The van der Waals surface area contributed by atoms with Crippen molar-refractivity contribution < 1.29 is 14.3 Å². The third kappa shape index (κ3) is 1.66. The molecule has 1 heterocycles. The van der Waals surface area contributed by atoms with Crippen LogP contribution in [0.15, 0.2) is 16.8 Å². The zero-order valence-electron chi connectivity index (χ0n) is 4.94. The summed E-state index contributed by atoms with van der Waals surface area (Å²) in [4.78, 5) is 20.1. The number of rotatable bonds is 2. The van der Waals surface area contributed by atoms with Crippen LogP contribution in [0.2, 0.25) is 0 Å². The van der Waals surface area contributed by atoms with Crippen LogP contribution in [-0.2, 0) is 9.59 Å². The smallest absolute Gasteiger partial charge is 0.376 e. The molecule has 0 N–H and O–H groups in total. The van der Waals surface area contributed by atoms with Gasteiger partial charge in [0.05, 0.1) is 0 Å². The molecule has 0 aliphatic heterocycles. The maximum Gasteiger partial charge on any atom is 0.376 e. The monoisotopic (exact) mass is 156 g/mol. The molecule has 1 rings (SSSR count). The summed E-state index contributed by atoms with van der Waals surface area (Å²) in [5.74, 6) is -0.444. The van der Waals surface area contributed by atoms with E-state index in [0.717, 1.165) is 0 Å². The van der Waals surface area contributed by atoms with E-state index in [1.54, 1.807) is 16.8 Å². The van der Waals surface area contributed by atoms with Gasteiger partial charge < -0.3 is 4.74 Å². The molecule has 52 valence electrons. The quantitative estimate of drug-likeness (QED) is 0.362. The van der Waals surface area contributed by atoms with Gasteiger partial charge in [0.2, 0.25) is 6.29 Å². The molecule has 1 aromatic rings. The fraction of sp³-hybridized carbons (Fsp3) is 0. The number of aldehydes is 1. The molecule has 0 bridgehead atoms. The van der Waals surface area contributed by atoms with Crippen molar-refractivity contribution in [3.63, 3.8) is 0 Å². The summed E-state index contributed by atoms with van der Waals surface area (Å²) < 4.78 is 4.51. The Bertz CT molecular complexity index is 227. The van der Waals surface area contributed by atoms with E-state index < -0.39 is 5.97 Å². The topological polar surface area (TPSA) is 43.4 Å². The lowest BCUT2D eigenvalue weighted by Crippen LogP contribution is -2.07. The van der Waals surface area contributed by atoms with E-state index in [4.69, 9.17) is 0 Å².